The van der Waals surface area contributed by atoms with Crippen LogP contribution in [0.4, 0.5) is 5.69 Å². The number of hydrogen-bond acceptors (Lipinski definition) is 5. The molecule has 0 aliphatic carbocycles. The summed E-state index contributed by atoms with van der Waals surface area (Å²) in [5.74, 6) is 0.716. The monoisotopic (exact) mass is 330 g/mol. The Bertz CT molecular complexity index is 762. The molecule has 2 amide bonds. The molecule has 2 aromatic rings. The van der Waals surface area contributed by atoms with E-state index in [9.17, 15) is 9.59 Å². The molecule has 1 atom stereocenters. The second-order valence-corrected chi connectivity index (χ2v) is 6.11. The maximum absolute atomic E-state index is 12.6. The van der Waals surface area contributed by atoms with Gasteiger partial charge in [0.25, 0.3) is 0 Å². The van der Waals surface area contributed by atoms with E-state index >= 15 is 0 Å². The molecule has 1 fully saturated rings. The Kier molecular flexibility index (Phi) is 4.42. The number of benzene rings is 1. The number of anilines is 1. The van der Waals surface area contributed by atoms with Crippen molar-refractivity contribution in [1.82, 2.24) is 14.8 Å². The molecule has 3 rings (SSSR count). The number of piperazine rings is 1. The van der Waals surface area contributed by atoms with Crippen molar-refractivity contribution in [2.75, 3.05) is 31.5 Å². The maximum Gasteiger partial charge on any atom is 0.244 e. The van der Waals surface area contributed by atoms with E-state index < -0.39 is 0 Å². The zero-order valence-corrected chi connectivity index (χ0v) is 14.2. The lowest BCUT2D eigenvalue weighted by atomic mass is 10.2. The molecule has 1 aliphatic rings. The summed E-state index contributed by atoms with van der Waals surface area (Å²) in [5, 5.41) is 3.22. The molecular weight excluding hydrogens is 308 g/mol. The quantitative estimate of drug-likeness (QED) is 0.925. The summed E-state index contributed by atoms with van der Waals surface area (Å²) in [5.41, 5.74) is 2.34. The van der Waals surface area contributed by atoms with E-state index in [1.165, 1.54) is 0 Å². The fourth-order valence-corrected chi connectivity index (χ4v) is 2.96. The van der Waals surface area contributed by atoms with Crippen LogP contribution in [0.25, 0.3) is 11.1 Å². The van der Waals surface area contributed by atoms with Crippen molar-refractivity contribution >= 4 is 28.6 Å². The molecule has 0 radical (unpaired) electrons. The minimum atomic E-state index is -0.348. The molecule has 0 unspecified atom stereocenters. The molecule has 128 valence electrons. The van der Waals surface area contributed by atoms with Crippen molar-refractivity contribution in [3.63, 3.8) is 0 Å². The van der Waals surface area contributed by atoms with E-state index in [1.54, 1.807) is 23.6 Å². The number of carbonyl (C=O) groups excluding carboxylic acids is 2. The molecule has 1 aliphatic heterocycles. The Morgan fingerprint density at radius 3 is 2.54 bits per heavy atom. The number of aromatic nitrogens is 1. The van der Waals surface area contributed by atoms with E-state index in [2.05, 4.69) is 10.3 Å². The Labute approximate surface area is 140 Å². The smallest absolute Gasteiger partial charge is 0.244 e. The second-order valence-electron chi connectivity index (χ2n) is 6.11. The largest absolute Gasteiger partial charge is 0.441 e. The van der Waals surface area contributed by atoms with Gasteiger partial charge >= 0.3 is 0 Å². The van der Waals surface area contributed by atoms with Gasteiger partial charge in [-0.25, -0.2) is 4.98 Å². The van der Waals surface area contributed by atoms with Crippen LogP contribution < -0.4 is 5.32 Å². The van der Waals surface area contributed by atoms with Gasteiger partial charge in [-0.1, -0.05) is 0 Å². The van der Waals surface area contributed by atoms with Crippen molar-refractivity contribution in [1.29, 1.82) is 0 Å². The summed E-state index contributed by atoms with van der Waals surface area (Å²) in [6.07, 6.45) is 0. The van der Waals surface area contributed by atoms with Gasteiger partial charge in [0.2, 0.25) is 11.8 Å². The van der Waals surface area contributed by atoms with Crippen LogP contribution in [0.1, 0.15) is 19.7 Å². The Morgan fingerprint density at radius 1 is 1.21 bits per heavy atom. The van der Waals surface area contributed by atoms with Crippen molar-refractivity contribution in [2.24, 2.45) is 0 Å². The molecular formula is C17H22N4O3. The summed E-state index contributed by atoms with van der Waals surface area (Å²) in [6, 6.07) is 5.26. The van der Waals surface area contributed by atoms with E-state index in [4.69, 9.17) is 4.42 Å². The van der Waals surface area contributed by atoms with Gasteiger partial charge in [-0.2, -0.15) is 0 Å². The van der Waals surface area contributed by atoms with Crippen molar-refractivity contribution in [3.05, 3.63) is 24.1 Å². The van der Waals surface area contributed by atoms with Gasteiger partial charge < -0.3 is 19.5 Å². The first-order valence-electron chi connectivity index (χ1n) is 8.12. The van der Waals surface area contributed by atoms with E-state index in [0.29, 0.717) is 32.1 Å². The molecule has 2 heterocycles. The third kappa shape index (κ3) is 3.34. The highest BCUT2D eigenvalue weighted by Crippen LogP contribution is 2.20. The molecule has 0 saturated carbocycles. The molecule has 1 aromatic carbocycles. The van der Waals surface area contributed by atoms with Crippen LogP contribution in [0, 0.1) is 6.92 Å². The van der Waals surface area contributed by atoms with Gasteiger partial charge in [-0.15, -0.1) is 0 Å². The summed E-state index contributed by atoms with van der Waals surface area (Å²) in [7, 11) is 0. The van der Waals surface area contributed by atoms with Gasteiger partial charge in [0.1, 0.15) is 11.6 Å². The zero-order chi connectivity index (χ0) is 17.3. The average molecular weight is 330 g/mol. The number of nitrogens with zero attached hydrogens (tertiary/aromatic N) is 3. The summed E-state index contributed by atoms with van der Waals surface area (Å²) in [4.78, 5) is 31.8. The molecule has 1 N–H and O–H groups in total. The van der Waals surface area contributed by atoms with Gasteiger partial charge in [-0.05, 0) is 25.1 Å². The van der Waals surface area contributed by atoms with Crippen LogP contribution in [-0.4, -0.2) is 58.8 Å². The van der Waals surface area contributed by atoms with Crippen molar-refractivity contribution in [2.45, 2.75) is 26.8 Å². The summed E-state index contributed by atoms with van der Waals surface area (Å²) >= 11 is 0. The molecule has 7 heteroatoms. The molecule has 0 spiro atoms. The number of hydrogen-bond donors (Lipinski definition) is 1. The number of oxazole rings is 1. The SMILES string of the molecule is CC(=O)N1CCN(C(=O)[C@@H](C)Nc2ccc3oc(C)nc3c2)CC1. The van der Waals surface area contributed by atoms with E-state index in [-0.39, 0.29) is 17.9 Å². The molecule has 0 bridgehead atoms. The van der Waals surface area contributed by atoms with E-state index in [0.717, 1.165) is 16.8 Å². The standard InChI is InChI=1S/C17H22N4O3/c1-11(17(23)21-8-6-20(7-9-21)13(3)22)18-14-4-5-16-15(10-14)19-12(2)24-16/h4-5,10-11,18H,6-9H2,1-3H3/t11-/m1/s1. The lowest BCUT2D eigenvalue weighted by molar-refractivity contribution is -0.138. The number of nitrogens with one attached hydrogen (secondary N) is 1. The molecule has 1 aromatic heterocycles. The lowest BCUT2D eigenvalue weighted by Gasteiger charge is -2.35. The Hall–Kier alpha value is -2.57. The number of aryl methyl sites for hydroxylation is 1. The third-order valence-electron chi connectivity index (χ3n) is 4.28. The van der Waals surface area contributed by atoms with Crippen LogP contribution in [0.5, 0.6) is 0 Å². The number of rotatable bonds is 3. The summed E-state index contributed by atoms with van der Waals surface area (Å²) < 4.78 is 5.45. The highest BCUT2D eigenvalue weighted by molar-refractivity contribution is 5.86. The predicted octanol–water partition coefficient (Wildman–Crippen LogP) is 1.63. The second kappa shape index (κ2) is 6.51. The first kappa shape index (κ1) is 16.3. The fraction of sp³-hybridized carbons (Fsp3) is 0.471. The highest BCUT2D eigenvalue weighted by Gasteiger charge is 2.25. The first-order valence-corrected chi connectivity index (χ1v) is 8.12. The zero-order valence-electron chi connectivity index (χ0n) is 14.2. The normalized spacial score (nSPS) is 16.3. The third-order valence-corrected chi connectivity index (χ3v) is 4.28. The number of fused-ring (bicyclic) bond motifs is 1. The van der Waals surface area contributed by atoms with Crippen molar-refractivity contribution < 1.29 is 14.0 Å². The van der Waals surface area contributed by atoms with Crippen LogP contribution in [0.15, 0.2) is 22.6 Å². The van der Waals surface area contributed by atoms with Crippen molar-refractivity contribution in [3.8, 4) is 0 Å². The minimum absolute atomic E-state index is 0.0367. The van der Waals surface area contributed by atoms with Gasteiger partial charge in [0.05, 0.1) is 0 Å². The van der Waals surface area contributed by atoms with E-state index in [1.807, 2.05) is 25.1 Å². The first-order chi connectivity index (χ1) is 11.4. The van der Waals surface area contributed by atoms with Gasteiger partial charge in [0.15, 0.2) is 11.5 Å². The molecule has 24 heavy (non-hydrogen) atoms. The molecule has 1 saturated heterocycles. The lowest BCUT2D eigenvalue weighted by Crippen LogP contribution is -2.53. The Morgan fingerprint density at radius 2 is 1.88 bits per heavy atom. The van der Waals surface area contributed by atoms with Gasteiger partial charge in [0, 0.05) is 45.7 Å². The van der Waals surface area contributed by atoms with Crippen LogP contribution in [0.3, 0.4) is 0 Å². The van der Waals surface area contributed by atoms with Crippen LogP contribution in [0.2, 0.25) is 0 Å². The average Bonchev–Trinajstić information content (AvgIpc) is 2.93. The highest BCUT2D eigenvalue weighted by atomic mass is 16.3. The number of carbonyl (C=O) groups is 2. The topological polar surface area (TPSA) is 78.7 Å². The maximum atomic E-state index is 12.6. The number of amides is 2. The Balaban J connectivity index is 1.62. The predicted molar refractivity (Wildman–Crippen MR) is 90.7 cm³/mol. The van der Waals surface area contributed by atoms with Crippen LogP contribution in [-0.2, 0) is 9.59 Å². The fourth-order valence-electron chi connectivity index (χ4n) is 2.96. The van der Waals surface area contributed by atoms with Gasteiger partial charge in [-0.3, -0.25) is 9.59 Å². The van der Waals surface area contributed by atoms with Crippen LogP contribution >= 0.6 is 0 Å². The molecule has 7 nitrogen and oxygen atoms in total. The summed E-state index contributed by atoms with van der Waals surface area (Å²) in [6.45, 7) is 7.55. The minimum Gasteiger partial charge on any atom is -0.441 e.